The minimum Gasteiger partial charge on any atom is -0.454 e. The summed E-state index contributed by atoms with van der Waals surface area (Å²) in [7, 11) is 0. The van der Waals surface area contributed by atoms with E-state index < -0.39 is 12.0 Å². The van der Waals surface area contributed by atoms with Crippen molar-refractivity contribution in [3.05, 3.63) is 59.2 Å². The van der Waals surface area contributed by atoms with Gasteiger partial charge >= 0.3 is 0 Å². The van der Waals surface area contributed by atoms with Crippen LogP contribution in [0.15, 0.2) is 42.5 Å². The summed E-state index contributed by atoms with van der Waals surface area (Å²) in [5, 5.41) is 0. The van der Waals surface area contributed by atoms with Gasteiger partial charge in [-0.25, -0.2) is 0 Å². The van der Waals surface area contributed by atoms with Crippen LogP contribution in [0.3, 0.4) is 0 Å². The molecule has 5 rings (SSSR count). The number of hydrogen-bond acceptors (Lipinski definition) is 5. The number of benzene rings is 2. The highest BCUT2D eigenvalue weighted by Crippen LogP contribution is 2.46. The highest BCUT2D eigenvalue weighted by molar-refractivity contribution is 6.01. The van der Waals surface area contributed by atoms with Crippen LogP contribution in [0, 0.1) is 0 Å². The summed E-state index contributed by atoms with van der Waals surface area (Å²) in [4.78, 5) is 44.9. The monoisotopic (exact) mass is 463 g/mol. The van der Waals surface area contributed by atoms with E-state index in [1.165, 1.54) is 0 Å². The van der Waals surface area contributed by atoms with E-state index in [0.29, 0.717) is 49.8 Å². The van der Waals surface area contributed by atoms with Crippen molar-refractivity contribution in [3.8, 4) is 11.5 Å². The fourth-order valence-electron chi connectivity index (χ4n) is 5.25. The number of amides is 3. The van der Waals surface area contributed by atoms with E-state index in [-0.39, 0.29) is 24.5 Å². The van der Waals surface area contributed by atoms with Crippen LogP contribution in [0.1, 0.15) is 53.7 Å². The van der Waals surface area contributed by atoms with Gasteiger partial charge in [0.2, 0.25) is 18.6 Å². The number of carbonyl (C=O) groups is 3. The van der Waals surface area contributed by atoms with Crippen molar-refractivity contribution in [1.29, 1.82) is 0 Å². The van der Waals surface area contributed by atoms with E-state index in [1.54, 1.807) is 11.8 Å². The van der Waals surface area contributed by atoms with Crippen molar-refractivity contribution < 1.29 is 23.9 Å². The Morgan fingerprint density at radius 2 is 1.68 bits per heavy atom. The topological polar surface area (TPSA) is 79.4 Å². The standard InChI is InChI=1S/C26H29N3O5/c1-3-10-29-24(18-8-9-21-22(15-18)34-16-33-21)23(19-6-4-5-7-20(19)25(29)31)26(32)28-13-11-27(12-14-28)17(2)30/h4-9,15,23-24H,3,10-14,16H2,1-2H3/t23-,24-/m1/s1. The summed E-state index contributed by atoms with van der Waals surface area (Å²) < 4.78 is 11.1. The third kappa shape index (κ3) is 3.77. The number of carbonyl (C=O) groups excluding carboxylic acids is 3. The Morgan fingerprint density at radius 1 is 0.971 bits per heavy atom. The summed E-state index contributed by atoms with van der Waals surface area (Å²) >= 11 is 0. The predicted molar refractivity (Wildman–Crippen MR) is 125 cm³/mol. The molecule has 3 aliphatic heterocycles. The Bertz CT molecular complexity index is 1130. The van der Waals surface area contributed by atoms with Crippen molar-refractivity contribution >= 4 is 17.7 Å². The number of rotatable bonds is 4. The first kappa shape index (κ1) is 22.3. The lowest BCUT2D eigenvalue weighted by atomic mass is 9.78. The summed E-state index contributed by atoms with van der Waals surface area (Å²) in [5.74, 6) is 0.674. The Morgan fingerprint density at radius 3 is 2.41 bits per heavy atom. The molecule has 0 N–H and O–H groups in total. The molecule has 0 radical (unpaired) electrons. The maximum absolute atomic E-state index is 14.1. The minimum atomic E-state index is -0.551. The third-order valence-electron chi connectivity index (χ3n) is 6.94. The molecular weight excluding hydrogens is 434 g/mol. The van der Waals surface area contributed by atoms with Crippen molar-refractivity contribution in [2.24, 2.45) is 0 Å². The van der Waals surface area contributed by atoms with Crippen LogP contribution < -0.4 is 9.47 Å². The van der Waals surface area contributed by atoms with Gasteiger partial charge in [-0.05, 0) is 35.7 Å². The van der Waals surface area contributed by atoms with Crippen LogP contribution in [0.4, 0.5) is 0 Å². The molecule has 34 heavy (non-hydrogen) atoms. The molecule has 1 fully saturated rings. The van der Waals surface area contributed by atoms with Gasteiger partial charge in [-0.3, -0.25) is 14.4 Å². The molecule has 2 aromatic carbocycles. The van der Waals surface area contributed by atoms with Crippen LogP contribution in [0.5, 0.6) is 11.5 Å². The average Bonchev–Trinajstić information content (AvgIpc) is 3.33. The van der Waals surface area contributed by atoms with Gasteiger partial charge in [0.1, 0.15) is 0 Å². The molecule has 0 unspecified atom stereocenters. The van der Waals surface area contributed by atoms with Gasteiger partial charge < -0.3 is 24.2 Å². The molecule has 178 valence electrons. The van der Waals surface area contributed by atoms with Crippen molar-refractivity contribution in [2.45, 2.75) is 32.2 Å². The number of ether oxygens (including phenoxy) is 2. The van der Waals surface area contributed by atoms with Gasteiger partial charge in [0.25, 0.3) is 5.91 Å². The molecule has 0 saturated carbocycles. The Balaban J connectivity index is 1.58. The maximum Gasteiger partial charge on any atom is 0.254 e. The lowest BCUT2D eigenvalue weighted by Gasteiger charge is -2.44. The molecule has 8 heteroatoms. The molecular formula is C26H29N3O5. The number of piperazine rings is 1. The lowest BCUT2D eigenvalue weighted by Crippen LogP contribution is -2.54. The zero-order valence-electron chi connectivity index (χ0n) is 19.5. The van der Waals surface area contributed by atoms with Gasteiger partial charge in [-0.2, -0.15) is 0 Å². The first-order valence-electron chi connectivity index (χ1n) is 11.8. The van der Waals surface area contributed by atoms with Crippen molar-refractivity contribution in [2.75, 3.05) is 39.5 Å². The smallest absolute Gasteiger partial charge is 0.254 e. The molecule has 1 saturated heterocycles. The molecule has 2 aromatic rings. The van der Waals surface area contributed by atoms with E-state index in [9.17, 15) is 14.4 Å². The fraction of sp³-hybridized carbons (Fsp3) is 0.423. The Kier molecular flexibility index (Phi) is 5.89. The van der Waals surface area contributed by atoms with Crippen LogP contribution in [0.25, 0.3) is 0 Å². The normalized spacial score (nSPS) is 21.5. The van der Waals surface area contributed by atoms with Crippen LogP contribution >= 0.6 is 0 Å². The van der Waals surface area contributed by atoms with E-state index in [4.69, 9.17) is 9.47 Å². The largest absolute Gasteiger partial charge is 0.454 e. The Labute approximate surface area is 199 Å². The first-order valence-corrected chi connectivity index (χ1v) is 11.8. The van der Waals surface area contributed by atoms with Gasteiger partial charge in [0.15, 0.2) is 11.5 Å². The molecule has 8 nitrogen and oxygen atoms in total. The second kappa shape index (κ2) is 9.00. The van der Waals surface area contributed by atoms with E-state index >= 15 is 0 Å². The quantitative estimate of drug-likeness (QED) is 0.697. The highest BCUT2D eigenvalue weighted by atomic mass is 16.7. The Hall–Kier alpha value is -3.55. The van der Waals surface area contributed by atoms with Crippen LogP contribution in [-0.2, 0) is 9.59 Å². The number of nitrogens with zero attached hydrogens (tertiary/aromatic N) is 3. The molecule has 0 aromatic heterocycles. The molecule has 3 aliphatic rings. The van der Waals surface area contributed by atoms with E-state index in [0.717, 1.165) is 17.5 Å². The van der Waals surface area contributed by atoms with Crippen LogP contribution in [-0.4, -0.2) is 71.9 Å². The lowest BCUT2D eigenvalue weighted by molar-refractivity contribution is -0.140. The van der Waals surface area contributed by atoms with Crippen molar-refractivity contribution in [1.82, 2.24) is 14.7 Å². The zero-order chi connectivity index (χ0) is 23.8. The first-order chi connectivity index (χ1) is 16.5. The SMILES string of the molecule is CCCN1C(=O)c2ccccc2[C@@H](C(=O)N2CCN(C(C)=O)CC2)[C@H]1c1ccc2c(c1)OCO2. The van der Waals surface area contributed by atoms with Gasteiger partial charge in [-0.15, -0.1) is 0 Å². The summed E-state index contributed by atoms with van der Waals surface area (Å²) in [6.45, 7) is 6.27. The molecule has 0 bridgehead atoms. The molecule has 2 atom stereocenters. The maximum atomic E-state index is 14.1. The number of hydrogen-bond donors (Lipinski definition) is 0. The minimum absolute atomic E-state index is 0.0214. The third-order valence-corrected chi connectivity index (χ3v) is 6.94. The molecule has 0 spiro atoms. The fourth-order valence-corrected chi connectivity index (χ4v) is 5.25. The molecule has 0 aliphatic carbocycles. The van der Waals surface area contributed by atoms with E-state index in [2.05, 4.69) is 0 Å². The van der Waals surface area contributed by atoms with Gasteiger partial charge in [-0.1, -0.05) is 31.2 Å². The highest BCUT2D eigenvalue weighted by Gasteiger charge is 2.45. The average molecular weight is 464 g/mol. The zero-order valence-corrected chi connectivity index (χ0v) is 19.5. The molecule has 3 heterocycles. The van der Waals surface area contributed by atoms with E-state index in [1.807, 2.05) is 59.2 Å². The van der Waals surface area contributed by atoms with Gasteiger partial charge in [0, 0.05) is 45.2 Å². The van der Waals surface area contributed by atoms with Gasteiger partial charge in [0.05, 0.1) is 12.0 Å². The second-order valence-electron chi connectivity index (χ2n) is 8.95. The summed E-state index contributed by atoms with van der Waals surface area (Å²) in [6.07, 6.45) is 0.771. The summed E-state index contributed by atoms with van der Waals surface area (Å²) in [5.41, 5.74) is 2.18. The predicted octanol–water partition coefficient (Wildman–Crippen LogP) is 2.80. The van der Waals surface area contributed by atoms with Crippen molar-refractivity contribution in [3.63, 3.8) is 0 Å². The summed E-state index contributed by atoms with van der Waals surface area (Å²) in [6, 6.07) is 12.6. The number of fused-ring (bicyclic) bond motifs is 2. The molecule has 3 amide bonds. The van der Waals surface area contributed by atoms with Crippen LogP contribution in [0.2, 0.25) is 0 Å². The second-order valence-corrected chi connectivity index (χ2v) is 8.95.